The van der Waals surface area contributed by atoms with Crippen molar-refractivity contribution in [3.8, 4) is 0 Å². The summed E-state index contributed by atoms with van der Waals surface area (Å²) in [4.78, 5) is 12.3. The Labute approximate surface area is 210 Å². The van der Waals surface area contributed by atoms with E-state index in [-0.39, 0.29) is 5.91 Å². The summed E-state index contributed by atoms with van der Waals surface area (Å²) >= 11 is 0. The van der Waals surface area contributed by atoms with Gasteiger partial charge >= 0.3 is 0 Å². The molecule has 0 saturated carbocycles. The van der Waals surface area contributed by atoms with Gasteiger partial charge < -0.3 is 10.4 Å². The van der Waals surface area contributed by atoms with Gasteiger partial charge in [-0.05, 0) is 19.3 Å². The monoisotopic (exact) mass is 503 g/mol. The van der Waals surface area contributed by atoms with Crippen LogP contribution < -0.4 is 5.32 Å². The highest BCUT2D eigenvalue weighted by molar-refractivity contribution is 7.85. The average molecular weight is 504 g/mol. The average Bonchev–Trinajstić information content (AvgIpc) is 2.77. The van der Waals surface area contributed by atoms with Gasteiger partial charge in [0.2, 0.25) is 5.91 Å². The number of rotatable bonds is 24. The van der Waals surface area contributed by atoms with Gasteiger partial charge in [-0.3, -0.25) is 9.35 Å². The molecule has 0 aromatic rings. The molecule has 0 saturated heterocycles. The van der Waals surface area contributed by atoms with Gasteiger partial charge in [-0.1, -0.05) is 122 Å². The lowest BCUT2D eigenvalue weighted by atomic mass is 10.1. The van der Waals surface area contributed by atoms with Crippen LogP contribution in [-0.2, 0) is 14.9 Å². The number of unbranched alkanes of at least 4 members (excludes halogenated alkanes) is 16. The lowest BCUT2D eigenvalue weighted by Crippen LogP contribution is -2.46. The van der Waals surface area contributed by atoms with Crippen LogP contribution in [0.25, 0.3) is 0 Å². The summed E-state index contributed by atoms with van der Waals surface area (Å²) in [6, 6.07) is -1.05. The van der Waals surface area contributed by atoms with E-state index in [1.807, 2.05) is 6.08 Å². The molecule has 0 aliphatic heterocycles. The summed E-state index contributed by atoms with van der Waals surface area (Å²) in [7, 11) is -4.32. The molecule has 0 spiro atoms. The van der Waals surface area contributed by atoms with Crippen LogP contribution in [-0.4, -0.2) is 41.9 Å². The second-order valence-electron chi connectivity index (χ2n) is 9.68. The molecule has 0 radical (unpaired) electrons. The maximum absolute atomic E-state index is 12.3. The Bertz CT molecular complexity index is 606. The van der Waals surface area contributed by atoms with Crippen molar-refractivity contribution in [3.63, 3.8) is 0 Å². The highest BCUT2D eigenvalue weighted by atomic mass is 32.2. The minimum Gasteiger partial charge on any atom is -0.387 e. The summed E-state index contributed by atoms with van der Waals surface area (Å²) in [5.41, 5.74) is 0. The van der Waals surface area contributed by atoms with Gasteiger partial charge in [0, 0.05) is 6.42 Å². The Morgan fingerprint density at radius 3 is 1.68 bits per heavy atom. The summed E-state index contributed by atoms with van der Waals surface area (Å²) in [6.07, 6.45) is 23.4. The molecule has 2 unspecified atom stereocenters. The lowest BCUT2D eigenvalue weighted by Gasteiger charge is -2.21. The molecule has 0 aliphatic carbocycles. The Kier molecular flexibility index (Phi) is 21.9. The Hall–Kier alpha value is -0.920. The molecule has 0 aromatic heterocycles. The van der Waals surface area contributed by atoms with E-state index < -0.39 is 28.0 Å². The SMILES string of the molecule is CCCCCCCCC/C=C/C(O)C(CS(=O)(=O)O)NC(=O)CCCCCCCCCCCC. The third-order valence-electron chi connectivity index (χ3n) is 6.21. The van der Waals surface area contributed by atoms with Crippen LogP contribution in [0.3, 0.4) is 0 Å². The highest BCUT2D eigenvalue weighted by Crippen LogP contribution is 2.12. The van der Waals surface area contributed by atoms with Crippen molar-refractivity contribution in [2.24, 2.45) is 0 Å². The molecular formula is C27H53NO5S. The van der Waals surface area contributed by atoms with E-state index in [1.54, 1.807) is 0 Å². The predicted octanol–water partition coefficient (Wildman–Crippen LogP) is 6.73. The standard InChI is InChI=1S/C27H53NO5S/c1-3-5-7-9-11-13-15-17-19-21-23-27(30)28-25(24-34(31,32)33)26(29)22-20-18-16-14-12-10-8-6-4-2/h20,22,25-26,29H,3-19,21,23-24H2,1-2H3,(H,28,30)(H,31,32,33)/b22-20+. The number of carbonyl (C=O) groups excluding carboxylic acids is 1. The first-order valence-electron chi connectivity index (χ1n) is 13.9. The molecule has 34 heavy (non-hydrogen) atoms. The van der Waals surface area contributed by atoms with Crippen LogP contribution in [0.2, 0.25) is 0 Å². The van der Waals surface area contributed by atoms with Crippen LogP contribution >= 0.6 is 0 Å². The maximum atomic E-state index is 12.3. The predicted molar refractivity (Wildman–Crippen MR) is 143 cm³/mol. The largest absolute Gasteiger partial charge is 0.387 e. The maximum Gasteiger partial charge on any atom is 0.267 e. The summed E-state index contributed by atoms with van der Waals surface area (Å²) in [5, 5.41) is 13.0. The van der Waals surface area contributed by atoms with Crippen molar-refractivity contribution >= 4 is 16.0 Å². The summed E-state index contributed by atoms with van der Waals surface area (Å²) in [5.74, 6) is -0.979. The first-order valence-corrected chi connectivity index (χ1v) is 15.5. The van der Waals surface area contributed by atoms with E-state index in [2.05, 4.69) is 19.2 Å². The summed E-state index contributed by atoms with van der Waals surface area (Å²) < 4.78 is 32.0. The van der Waals surface area contributed by atoms with Crippen LogP contribution in [0, 0.1) is 0 Å². The number of hydrogen-bond acceptors (Lipinski definition) is 4. The minimum atomic E-state index is -4.32. The van der Waals surface area contributed by atoms with E-state index in [0.717, 1.165) is 38.5 Å². The zero-order valence-corrected chi connectivity index (χ0v) is 22.8. The van der Waals surface area contributed by atoms with Gasteiger partial charge in [-0.15, -0.1) is 0 Å². The molecule has 0 heterocycles. The molecule has 0 aliphatic rings. The van der Waals surface area contributed by atoms with Gasteiger partial charge in [0.1, 0.15) is 0 Å². The zero-order chi connectivity index (χ0) is 25.5. The Morgan fingerprint density at radius 2 is 1.21 bits per heavy atom. The Morgan fingerprint density at radius 1 is 0.765 bits per heavy atom. The fourth-order valence-corrected chi connectivity index (χ4v) is 4.83. The third-order valence-corrected chi connectivity index (χ3v) is 6.99. The minimum absolute atomic E-state index is 0.284. The Balaban J connectivity index is 4.17. The number of carbonyl (C=O) groups is 1. The van der Waals surface area contributed by atoms with Crippen molar-refractivity contribution < 1.29 is 22.9 Å². The first-order chi connectivity index (χ1) is 16.3. The lowest BCUT2D eigenvalue weighted by molar-refractivity contribution is -0.122. The fourth-order valence-electron chi connectivity index (χ4n) is 4.09. The van der Waals surface area contributed by atoms with Crippen molar-refractivity contribution in [2.45, 2.75) is 148 Å². The molecule has 1 amide bonds. The molecule has 0 aromatic carbocycles. The number of hydrogen-bond donors (Lipinski definition) is 3. The molecule has 7 heteroatoms. The molecule has 0 fully saturated rings. The molecule has 6 nitrogen and oxygen atoms in total. The van der Waals surface area contributed by atoms with E-state index in [4.69, 9.17) is 0 Å². The van der Waals surface area contributed by atoms with Gasteiger partial charge in [0.15, 0.2) is 0 Å². The molecule has 202 valence electrons. The number of amides is 1. The quantitative estimate of drug-likeness (QED) is 0.0770. The first kappa shape index (κ1) is 33.1. The van der Waals surface area contributed by atoms with Crippen molar-refractivity contribution in [3.05, 3.63) is 12.2 Å². The number of nitrogens with one attached hydrogen (secondary N) is 1. The number of aliphatic hydroxyl groups excluding tert-OH is 1. The molecule has 0 rings (SSSR count). The van der Waals surface area contributed by atoms with Crippen LogP contribution in [0.15, 0.2) is 12.2 Å². The second kappa shape index (κ2) is 22.5. The third kappa shape index (κ3) is 22.9. The molecule has 2 atom stereocenters. The van der Waals surface area contributed by atoms with Gasteiger partial charge in [-0.25, -0.2) is 0 Å². The zero-order valence-electron chi connectivity index (χ0n) is 22.0. The van der Waals surface area contributed by atoms with E-state index >= 15 is 0 Å². The van der Waals surface area contributed by atoms with Gasteiger partial charge in [-0.2, -0.15) is 8.42 Å². The second-order valence-corrected chi connectivity index (χ2v) is 11.2. The van der Waals surface area contributed by atoms with Gasteiger partial charge in [0.25, 0.3) is 10.1 Å². The van der Waals surface area contributed by atoms with E-state index in [0.29, 0.717) is 6.42 Å². The van der Waals surface area contributed by atoms with Crippen molar-refractivity contribution in [1.82, 2.24) is 5.32 Å². The summed E-state index contributed by atoms with van der Waals surface area (Å²) in [6.45, 7) is 4.42. The normalized spacial score (nSPS) is 13.9. The van der Waals surface area contributed by atoms with Crippen LogP contribution in [0.5, 0.6) is 0 Å². The van der Waals surface area contributed by atoms with E-state index in [1.165, 1.54) is 83.1 Å². The molecular weight excluding hydrogens is 450 g/mol. The molecule has 0 bridgehead atoms. The topological polar surface area (TPSA) is 104 Å². The number of allylic oxidation sites excluding steroid dienone is 1. The van der Waals surface area contributed by atoms with E-state index in [9.17, 15) is 22.9 Å². The molecule has 3 N–H and O–H groups in total. The highest BCUT2D eigenvalue weighted by Gasteiger charge is 2.24. The van der Waals surface area contributed by atoms with Gasteiger partial charge in [0.05, 0.1) is 17.9 Å². The number of aliphatic hydroxyl groups is 1. The van der Waals surface area contributed by atoms with Crippen LogP contribution in [0.4, 0.5) is 0 Å². The van der Waals surface area contributed by atoms with Crippen molar-refractivity contribution in [1.29, 1.82) is 0 Å². The van der Waals surface area contributed by atoms with Crippen LogP contribution in [0.1, 0.15) is 136 Å². The van der Waals surface area contributed by atoms with Crippen molar-refractivity contribution in [2.75, 3.05) is 5.75 Å². The fraction of sp³-hybridized carbons (Fsp3) is 0.889. The smallest absolute Gasteiger partial charge is 0.267 e.